The van der Waals surface area contributed by atoms with Crippen molar-refractivity contribution < 1.29 is 9.53 Å². The number of carbonyl (C=O) groups excluding carboxylic acids is 1. The van der Waals surface area contributed by atoms with Crippen LogP contribution in [0.1, 0.15) is 34.7 Å². The third-order valence-electron chi connectivity index (χ3n) is 5.79. The van der Waals surface area contributed by atoms with Crippen molar-refractivity contribution in [1.82, 2.24) is 4.90 Å². The smallest absolute Gasteiger partial charge is 0.223 e. The van der Waals surface area contributed by atoms with Gasteiger partial charge in [-0.3, -0.25) is 4.79 Å². The first-order chi connectivity index (χ1) is 14.2. The topological polar surface area (TPSA) is 29.5 Å². The van der Waals surface area contributed by atoms with E-state index in [0.717, 1.165) is 37.1 Å². The Morgan fingerprint density at radius 1 is 0.931 bits per heavy atom. The Kier molecular flexibility index (Phi) is 5.95. The minimum Gasteiger partial charge on any atom is -0.497 e. The van der Waals surface area contributed by atoms with E-state index in [9.17, 15) is 4.79 Å². The lowest BCUT2D eigenvalue weighted by Crippen LogP contribution is -2.41. The number of carbonyl (C=O) groups is 1. The Labute approximate surface area is 172 Å². The van der Waals surface area contributed by atoms with Crippen LogP contribution in [0.3, 0.4) is 0 Å². The maximum absolute atomic E-state index is 13.2. The van der Waals surface area contributed by atoms with E-state index in [-0.39, 0.29) is 11.9 Å². The number of hydrogen-bond acceptors (Lipinski definition) is 2. The lowest BCUT2D eigenvalue weighted by Gasteiger charge is -2.38. The normalized spacial score (nSPS) is 15.6. The number of hydrogen-bond donors (Lipinski definition) is 0. The van der Waals surface area contributed by atoms with Crippen molar-refractivity contribution in [2.24, 2.45) is 0 Å². The van der Waals surface area contributed by atoms with Crippen molar-refractivity contribution >= 4 is 5.91 Å². The number of benzene rings is 3. The third-order valence-corrected chi connectivity index (χ3v) is 5.79. The molecular weight excluding hydrogens is 358 g/mol. The molecule has 148 valence electrons. The zero-order chi connectivity index (χ0) is 20.1. The van der Waals surface area contributed by atoms with Crippen LogP contribution in [0.4, 0.5) is 0 Å². The summed E-state index contributed by atoms with van der Waals surface area (Å²) in [6, 6.07) is 27.1. The lowest BCUT2D eigenvalue weighted by molar-refractivity contribution is -0.134. The molecule has 0 spiro atoms. The number of rotatable bonds is 6. The van der Waals surface area contributed by atoms with Gasteiger partial charge in [0.25, 0.3) is 0 Å². The summed E-state index contributed by atoms with van der Waals surface area (Å²) >= 11 is 0. The molecule has 1 unspecified atom stereocenters. The van der Waals surface area contributed by atoms with E-state index in [1.54, 1.807) is 7.11 Å². The Morgan fingerprint density at radius 2 is 1.66 bits per heavy atom. The molecule has 3 aromatic carbocycles. The van der Waals surface area contributed by atoms with Crippen molar-refractivity contribution in [3.05, 3.63) is 101 Å². The maximum atomic E-state index is 13.2. The van der Waals surface area contributed by atoms with E-state index in [1.807, 2.05) is 30.3 Å². The predicted molar refractivity (Wildman–Crippen MR) is 116 cm³/mol. The van der Waals surface area contributed by atoms with Gasteiger partial charge in [0.2, 0.25) is 5.91 Å². The van der Waals surface area contributed by atoms with Crippen LogP contribution in [0.5, 0.6) is 5.75 Å². The molecule has 1 amide bonds. The number of aryl methyl sites for hydroxylation is 1. The van der Waals surface area contributed by atoms with Gasteiger partial charge in [-0.2, -0.15) is 0 Å². The first-order valence-corrected chi connectivity index (χ1v) is 10.3. The van der Waals surface area contributed by atoms with Gasteiger partial charge < -0.3 is 9.64 Å². The quantitative estimate of drug-likeness (QED) is 0.598. The summed E-state index contributed by atoms with van der Waals surface area (Å²) in [5, 5.41) is 0. The van der Waals surface area contributed by atoms with Crippen LogP contribution in [0.25, 0.3) is 0 Å². The number of nitrogens with zero attached hydrogens (tertiary/aromatic N) is 1. The summed E-state index contributed by atoms with van der Waals surface area (Å²) in [5.41, 5.74) is 5.09. The van der Waals surface area contributed by atoms with E-state index < -0.39 is 0 Å². The van der Waals surface area contributed by atoms with Crippen LogP contribution < -0.4 is 4.74 Å². The highest BCUT2D eigenvalue weighted by atomic mass is 16.5. The van der Waals surface area contributed by atoms with E-state index in [4.69, 9.17) is 4.74 Å². The molecule has 4 rings (SSSR count). The Morgan fingerprint density at radius 3 is 2.41 bits per heavy atom. The molecule has 0 radical (unpaired) electrons. The number of ether oxygens (including phenoxy) is 1. The molecular formula is C26H27NO2. The minimum atomic E-state index is 0.103. The molecule has 0 N–H and O–H groups in total. The van der Waals surface area contributed by atoms with Crippen molar-refractivity contribution in [3.8, 4) is 5.75 Å². The molecule has 1 atom stereocenters. The van der Waals surface area contributed by atoms with Gasteiger partial charge in [-0.05, 0) is 53.6 Å². The second-order valence-corrected chi connectivity index (χ2v) is 7.59. The molecule has 0 fully saturated rings. The Balaban J connectivity index is 1.51. The van der Waals surface area contributed by atoms with Crippen LogP contribution >= 0.6 is 0 Å². The Hall–Kier alpha value is -3.07. The highest BCUT2D eigenvalue weighted by Crippen LogP contribution is 2.33. The second kappa shape index (κ2) is 8.95. The average Bonchev–Trinajstić information content (AvgIpc) is 2.79. The largest absolute Gasteiger partial charge is 0.497 e. The zero-order valence-corrected chi connectivity index (χ0v) is 16.9. The first-order valence-electron chi connectivity index (χ1n) is 10.3. The fourth-order valence-corrected chi connectivity index (χ4v) is 4.19. The van der Waals surface area contributed by atoms with E-state index in [1.165, 1.54) is 16.7 Å². The summed E-state index contributed by atoms with van der Waals surface area (Å²) in [5.74, 6) is 1.08. The van der Waals surface area contributed by atoms with Gasteiger partial charge in [0.1, 0.15) is 5.75 Å². The number of methoxy groups -OCH3 is 1. The van der Waals surface area contributed by atoms with Gasteiger partial charge >= 0.3 is 0 Å². The molecule has 1 aliphatic rings. The zero-order valence-electron chi connectivity index (χ0n) is 16.9. The second-order valence-electron chi connectivity index (χ2n) is 7.59. The molecule has 1 aliphatic heterocycles. The molecule has 3 nitrogen and oxygen atoms in total. The summed E-state index contributed by atoms with van der Waals surface area (Å²) in [6.45, 7) is 0.788. The van der Waals surface area contributed by atoms with Crippen LogP contribution in [0.15, 0.2) is 78.9 Å². The summed E-state index contributed by atoms with van der Waals surface area (Å²) in [4.78, 5) is 15.3. The van der Waals surface area contributed by atoms with E-state index in [2.05, 4.69) is 53.4 Å². The van der Waals surface area contributed by atoms with Crippen molar-refractivity contribution in [2.45, 2.75) is 31.7 Å². The van der Waals surface area contributed by atoms with Gasteiger partial charge in [-0.25, -0.2) is 0 Å². The fourth-order valence-electron chi connectivity index (χ4n) is 4.19. The number of amides is 1. The first kappa shape index (κ1) is 19.3. The van der Waals surface area contributed by atoms with Gasteiger partial charge in [0.15, 0.2) is 0 Å². The molecule has 29 heavy (non-hydrogen) atoms. The van der Waals surface area contributed by atoms with Gasteiger partial charge in [0, 0.05) is 13.0 Å². The minimum absolute atomic E-state index is 0.103. The van der Waals surface area contributed by atoms with E-state index >= 15 is 0 Å². The van der Waals surface area contributed by atoms with Gasteiger partial charge in [0.05, 0.1) is 13.2 Å². The van der Waals surface area contributed by atoms with Crippen molar-refractivity contribution in [2.75, 3.05) is 13.7 Å². The van der Waals surface area contributed by atoms with Crippen LogP contribution in [-0.2, 0) is 24.1 Å². The molecule has 0 bridgehead atoms. The molecule has 0 saturated heterocycles. The fraction of sp³-hybridized carbons (Fsp3) is 0.269. The SMILES string of the molecule is COc1ccc(CCC(=O)N2CCc3ccccc3C2Cc2ccccc2)cc1. The molecule has 3 heteroatoms. The molecule has 0 aromatic heterocycles. The molecule has 1 heterocycles. The predicted octanol–water partition coefficient (Wildman–Crippen LogP) is 5.00. The van der Waals surface area contributed by atoms with Gasteiger partial charge in [-0.15, -0.1) is 0 Å². The van der Waals surface area contributed by atoms with E-state index in [0.29, 0.717) is 6.42 Å². The standard InChI is InChI=1S/C26H27NO2/c1-29-23-14-11-20(12-15-23)13-16-26(28)27-18-17-22-9-5-6-10-24(22)25(27)19-21-7-3-2-4-8-21/h2-12,14-15,25H,13,16-19H2,1H3. The Bertz CT molecular complexity index is 950. The van der Waals surface area contributed by atoms with Crippen LogP contribution in [0, 0.1) is 0 Å². The lowest BCUT2D eigenvalue weighted by atomic mass is 9.88. The molecule has 0 aliphatic carbocycles. The van der Waals surface area contributed by atoms with Crippen molar-refractivity contribution in [1.29, 1.82) is 0 Å². The monoisotopic (exact) mass is 385 g/mol. The van der Waals surface area contributed by atoms with Crippen LogP contribution in [0.2, 0.25) is 0 Å². The highest BCUT2D eigenvalue weighted by Gasteiger charge is 2.30. The summed E-state index contributed by atoms with van der Waals surface area (Å²) in [7, 11) is 1.67. The average molecular weight is 386 g/mol. The van der Waals surface area contributed by atoms with Crippen molar-refractivity contribution in [3.63, 3.8) is 0 Å². The summed E-state index contributed by atoms with van der Waals surface area (Å²) in [6.07, 6.45) is 3.06. The molecule has 3 aromatic rings. The highest BCUT2D eigenvalue weighted by molar-refractivity contribution is 5.77. The molecule has 0 saturated carbocycles. The summed E-state index contributed by atoms with van der Waals surface area (Å²) < 4.78 is 5.22. The maximum Gasteiger partial charge on any atom is 0.223 e. The third kappa shape index (κ3) is 4.51. The number of fused-ring (bicyclic) bond motifs is 1. The van der Waals surface area contributed by atoms with Crippen LogP contribution in [-0.4, -0.2) is 24.5 Å². The van der Waals surface area contributed by atoms with Gasteiger partial charge in [-0.1, -0.05) is 66.7 Å².